The van der Waals surface area contributed by atoms with Gasteiger partial charge in [0.25, 0.3) is 0 Å². The summed E-state index contributed by atoms with van der Waals surface area (Å²) in [4.78, 5) is 2.18. The van der Waals surface area contributed by atoms with Gasteiger partial charge in [0.2, 0.25) is 0 Å². The monoisotopic (exact) mass is 137 g/mol. The van der Waals surface area contributed by atoms with Crippen LogP contribution in [-0.4, -0.2) is 30.1 Å². The van der Waals surface area contributed by atoms with Gasteiger partial charge in [-0.1, -0.05) is 0 Å². The summed E-state index contributed by atoms with van der Waals surface area (Å²) < 4.78 is 0. The normalized spacial score (nSPS) is 29.5. The van der Waals surface area contributed by atoms with E-state index in [1.165, 1.54) is 20.3 Å². The minimum atomic E-state index is 0.457. The Labute approximate surface area is 61.0 Å². The van der Waals surface area contributed by atoms with E-state index in [9.17, 15) is 0 Å². The van der Waals surface area contributed by atoms with Gasteiger partial charge in [0, 0.05) is 18.3 Å². The standard InChI is InChI=1S/C6H10BN2O/c10-7-5-4-8-6-2-1-3-9(5)6/h4,6,8,10H,1-3H2. The number of hydrogen-bond donors (Lipinski definition) is 2. The van der Waals surface area contributed by atoms with Crippen LogP contribution in [0.2, 0.25) is 0 Å². The zero-order valence-corrected chi connectivity index (χ0v) is 5.75. The van der Waals surface area contributed by atoms with Crippen molar-refractivity contribution in [1.29, 1.82) is 0 Å². The second-order valence-electron chi connectivity index (χ2n) is 2.72. The van der Waals surface area contributed by atoms with Crippen LogP contribution in [0, 0.1) is 0 Å². The zero-order chi connectivity index (χ0) is 6.97. The lowest BCUT2D eigenvalue weighted by Crippen LogP contribution is -2.31. The molecular weight excluding hydrogens is 127 g/mol. The third-order valence-electron chi connectivity index (χ3n) is 2.14. The van der Waals surface area contributed by atoms with Crippen molar-refractivity contribution >= 4 is 7.48 Å². The molecule has 3 nitrogen and oxygen atoms in total. The molecule has 2 N–H and O–H groups in total. The molecule has 0 bridgehead atoms. The molecule has 1 fully saturated rings. The molecule has 0 aromatic heterocycles. The third kappa shape index (κ3) is 0.719. The Bertz CT molecular complexity index is 171. The Morgan fingerprint density at radius 2 is 2.70 bits per heavy atom. The lowest BCUT2D eigenvalue weighted by Gasteiger charge is -2.19. The molecule has 1 atom stereocenters. The SMILES string of the molecule is O[B]C1=CNC2CCCN12. The molecule has 1 unspecified atom stereocenters. The highest BCUT2D eigenvalue weighted by molar-refractivity contribution is 6.36. The van der Waals surface area contributed by atoms with Gasteiger partial charge in [-0.05, 0) is 12.8 Å². The molecular formula is C6H10BN2O. The summed E-state index contributed by atoms with van der Waals surface area (Å²) in [5.41, 5.74) is 0.919. The van der Waals surface area contributed by atoms with E-state index in [1.807, 2.05) is 6.20 Å². The van der Waals surface area contributed by atoms with Gasteiger partial charge >= 0.3 is 7.48 Å². The zero-order valence-electron chi connectivity index (χ0n) is 5.75. The molecule has 2 aliphatic heterocycles. The van der Waals surface area contributed by atoms with Crippen LogP contribution >= 0.6 is 0 Å². The third-order valence-corrected chi connectivity index (χ3v) is 2.14. The summed E-state index contributed by atoms with van der Waals surface area (Å²) in [5, 5.41) is 11.9. The Morgan fingerprint density at radius 1 is 1.80 bits per heavy atom. The van der Waals surface area contributed by atoms with Crippen molar-refractivity contribution in [1.82, 2.24) is 10.2 Å². The molecule has 2 heterocycles. The van der Waals surface area contributed by atoms with E-state index in [0.717, 1.165) is 12.1 Å². The Hall–Kier alpha value is -0.635. The smallest absolute Gasteiger partial charge is 0.346 e. The van der Waals surface area contributed by atoms with Crippen molar-refractivity contribution in [3.05, 3.63) is 11.8 Å². The van der Waals surface area contributed by atoms with E-state index >= 15 is 0 Å². The predicted molar refractivity (Wildman–Crippen MR) is 38.9 cm³/mol. The minimum absolute atomic E-state index is 0.457. The predicted octanol–water partition coefficient (Wildman–Crippen LogP) is -0.578. The first kappa shape index (κ1) is 6.10. The second kappa shape index (κ2) is 2.20. The maximum atomic E-state index is 8.74. The first-order chi connectivity index (χ1) is 4.92. The van der Waals surface area contributed by atoms with Gasteiger partial charge in [0.15, 0.2) is 0 Å². The molecule has 53 valence electrons. The molecule has 0 amide bonds. The van der Waals surface area contributed by atoms with Crippen molar-refractivity contribution in [3.63, 3.8) is 0 Å². The van der Waals surface area contributed by atoms with E-state index in [-0.39, 0.29) is 0 Å². The number of fused-ring (bicyclic) bond motifs is 1. The molecule has 0 saturated carbocycles. The maximum Gasteiger partial charge on any atom is 0.346 e. The molecule has 10 heavy (non-hydrogen) atoms. The average molecular weight is 137 g/mol. The van der Waals surface area contributed by atoms with Gasteiger partial charge < -0.3 is 15.2 Å². The number of nitrogens with zero attached hydrogens (tertiary/aromatic N) is 1. The lowest BCUT2D eigenvalue weighted by molar-refractivity contribution is 0.341. The van der Waals surface area contributed by atoms with Crippen LogP contribution in [-0.2, 0) is 0 Å². The highest BCUT2D eigenvalue weighted by Gasteiger charge is 2.29. The fourth-order valence-corrected chi connectivity index (χ4v) is 1.62. The van der Waals surface area contributed by atoms with Gasteiger partial charge in [-0.25, -0.2) is 0 Å². The molecule has 0 aromatic carbocycles. The topological polar surface area (TPSA) is 35.5 Å². The summed E-state index contributed by atoms with van der Waals surface area (Å²) in [5.74, 6) is 0. The van der Waals surface area contributed by atoms with Gasteiger partial charge in [0.05, 0.1) is 6.17 Å². The first-order valence-corrected chi connectivity index (χ1v) is 3.62. The Morgan fingerprint density at radius 3 is 3.50 bits per heavy atom. The molecule has 2 aliphatic rings. The van der Waals surface area contributed by atoms with Crippen LogP contribution in [0.4, 0.5) is 0 Å². The Balaban J connectivity index is 2.10. The van der Waals surface area contributed by atoms with Crippen LogP contribution in [0.1, 0.15) is 12.8 Å². The number of rotatable bonds is 1. The second-order valence-corrected chi connectivity index (χ2v) is 2.72. The van der Waals surface area contributed by atoms with E-state index in [1.54, 1.807) is 0 Å². The summed E-state index contributed by atoms with van der Waals surface area (Å²) in [6, 6.07) is 0. The quantitative estimate of drug-likeness (QED) is 0.474. The summed E-state index contributed by atoms with van der Waals surface area (Å²) in [6.45, 7) is 1.07. The first-order valence-electron chi connectivity index (χ1n) is 3.62. The van der Waals surface area contributed by atoms with Crippen molar-refractivity contribution in [2.75, 3.05) is 6.54 Å². The van der Waals surface area contributed by atoms with Gasteiger partial charge in [-0.2, -0.15) is 0 Å². The van der Waals surface area contributed by atoms with Gasteiger partial charge in [0.1, 0.15) is 0 Å². The molecule has 2 rings (SSSR count). The summed E-state index contributed by atoms with van der Waals surface area (Å²) in [7, 11) is 1.16. The average Bonchev–Trinajstić information content (AvgIpc) is 2.44. The van der Waals surface area contributed by atoms with Crippen LogP contribution in [0.3, 0.4) is 0 Å². The molecule has 0 aliphatic carbocycles. The van der Waals surface area contributed by atoms with Crippen LogP contribution < -0.4 is 5.32 Å². The Kier molecular flexibility index (Phi) is 1.34. The van der Waals surface area contributed by atoms with Crippen molar-refractivity contribution in [3.8, 4) is 0 Å². The van der Waals surface area contributed by atoms with Crippen molar-refractivity contribution < 1.29 is 5.02 Å². The fourth-order valence-electron chi connectivity index (χ4n) is 1.62. The molecule has 1 radical (unpaired) electrons. The number of hydrogen-bond acceptors (Lipinski definition) is 3. The lowest BCUT2D eigenvalue weighted by atomic mass is 9.96. The van der Waals surface area contributed by atoms with Gasteiger partial charge in [-0.15, -0.1) is 0 Å². The van der Waals surface area contributed by atoms with E-state index < -0.39 is 0 Å². The largest absolute Gasteiger partial charge is 0.449 e. The molecule has 0 aromatic rings. The molecule has 4 heteroatoms. The van der Waals surface area contributed by atoms with E-state index in [4.69, 9.17) is 5.02 Å². The van der Waals surface area contributed by atoms with Crippen LogP contribution in [0.15, 0.2) is 11.8 Å². The fraction of sp³-hybridized carbons (Fsp3) is 0.667. The molecule has 1 saturated heterocycles. The van der Waals surface area contributed by atoms with Crippen molar-refractivity contribution in [2.24, 2.45) is 0 Å². The van der Waals surface area contributed by atoms with Crippen LogP contribution in [0.5, 0.6) is 0 Å². The number of nitrogens with one attached hydrogen (secondary N) is 1. The molecule has 0 spiro atoms. The summed E-state index contributed by atoms with van der Waals surface area (Å²) >= 11 is 0. The highest BCUT2D eigenvalue weighted by Crippen LogP contribution is 2.23. The van der Waals surface area contributed by atoms with Gasteiger partial charge in [-0.3, -0.25) is 0 Å². The van der Waals surface area contributed by atoms with E-state index in [2.05, 4.69) is 10.2 Å². The van der Waals surface area contributed by atoms with E-state index in [0.29, 0.717) is 6.17 Å². The van der Waals surface area contributed by atoms with Crippen LogP contribution in [0.25, 0.3) is 0 Å². The highest BCUT2D eigenvalue weighted by atomic mass is 16.2. The summed E-state index contributed by atoms with van der Waals surface area (Å²) in [6.07, 6.45) is 4.74. The maximum absolute atomic E-state index is 8.74. The minimum Gasteiger partial charge on any atom is -0.449 e. The van der Waals surface area contributed by atoms with Crippen molar-refractivity contribution in [2.45, 2.75) is 19.0 Å².